The zero-order valence-corrected chi connectivity index (χ0v) is 13.7. The van der Waals surface area contributed by atoms with E-state index in [1.54, 1.807) is 39.0 Å². The van der Waals surface area contributed by atoms with E-state index in [0.717, 1.165) is 0 Å². The molecule has 6 heteroatoms. The van der Waals surface area contributed by atoms with Crippen molar-refractivity contribution in [2.75, 3.05) is 5.32 Å². The molecule has 0 heterocycles. The number of ether oxygens (including phenoxy) is 1. The highest BCUT2D eigenvalue weighted by Crippen LogP contribution is 2.23. The number of halogens is 1. The lowest BCUT2D eigenvalue weighted by molar-refractivity contribution is -0.128. The van der Waals surface area contributed by atoms with Gasteiger partial charge < -0.3 is 15.8 Å². The smallest absolute Gasteiger partial charge is 0.267 e. The third-order valence-electron chi connectivity index (χ3n) is 3.50. The summed E-state index contributed by atoms with van der Waals surface area (Å²) in [5, 5.41) is 2.67. The van der Waals surface area contributed by atoms with E-state index in [9.17, 15) is 14.0 Å². The number of nitrogens with two attached hydrogens (primary N) is 1. The Hall–Kier alpha value is -2.89. The summed E-state index contributed by atoms with van der Waals surface area (Å²) in [6.45, 7) is 4.88. The number of rotatable bonds is 5. The molecular formula is C18H19FN2O3. The average Bonchev–Trinajstić information content (AvgIpc) is 2.49. The normalized spacial score (nSPS) is 11.0. The highest BCUT2D eigenvalue weighted by atomic mass is 19.1. The quantitative estimate of drug-likeness (QED) is 0.884. The number of primary amides is 1. The first kappa shape index (κ1) is 17.5. The van der Waals surface area contributed by atoms with Gasteiger partial charge in [-0.15, -0.1) is 0 Å². The van der Waals surface area contributed by atoms with Crippen molar-refractivity contribution in [2.45, 2.75) is 26.4 Å². The van der Waals surface area contributed by atoms with Crippen molar-refractivity contribution < 1.29 is 18.7 Å². The van der Waals surface area contributed by atoms with E-state index in [2.05, 4.69) is 5.32 Å². The van der Waals surface area contributed by atoms with Gasteiger partial charge in [0, 0.05) is 0 Å². The Balaban J connectivity index is 2.21. The van der Waals surface area contributed by atoms with Crippen LogP contribution in [-0.2, 0) is 4.79 Å². The Bertz CT molecular complexity index is 770. The van der Waals surface area contributed by atoms with E-state index in [-0.39, 0.29) is 5.56 Å². The molecule has 0 atom stereocenters. The number of anilines is 1. The molecular weight excluding hydrogens is 311 g/mol. The van der Waals surface area contributed by atoms with Gasteiger partial charge in [-0.2, -0.15) is 0 Å². The van der Waals surface area contributed by atoms with Crippen LogP contribution in [0.1, 0.15) is 29.8 Å². The van der Waals surface area contributed by atoms with Gasteiger partial charge in [0.15, 0.2) is 5.60 Å². The van der Waals surface area contributed by atoms with Crippen LogP contribution >= 0.6 is 0 Å². The van der Waals surface area contributed by atoms with Gasteiger partial charge in [0.1, 0.15) is 11.6 Å². The van der Waals surface area contributed by atoms with Gasteiger partial charge >= 0.3 is 0 Å². The molecule has 2 aromatic rings. The van der Waals surface area contributed by atoms with Crippen molar-refractivity contribution in [3.05, 3.63) is 59.4 Å². The van der Waals surface area contributed by atoms with Crippen LogP contribution in [0.15, 0.2) is 42.5 Å². The summed E-state index contributed by atoms with van der Waals surface area (Å²) >= 11 is 0. The molecule has 2 aromatic carbocycles. The lowest BCUT2D eigenvalue weighted by Gasteiger charge is -2.26. The second-order valence-corrected chi connectivity index (χ2v) is 5.88. The fourth-order valence-corrected chi connectivity index (χ4v) is 2.22. The number of aryl methyl sites for hydroxylation is 1. The molecule has 5 nitrogen and oxygen atoms in total. The van der Waals surface area contributed by atoms with Crippen molar-refractivity contribution in [2.24, 2.45) is 5.73 Å². The third kappa shape index (κ3) is 3.90. The number of benzene rings is 2. The van der Waals surface area contributed by atoms with Crippen molar-refractivity contribution in [1.82, 2.24) is 0 Å². The molecule has 0 radical (unpaired) electrons. The summed E-state index contributed by atoms with van der Waals surface area (Å²) in [5.74, 6) is -1.12. The van der Waals surface area contributed by atoms with E-state index in [0.29, 0.717) is 17.0 Å². The molecule has 0 saturated heterocycles. The molecule has 3 N–H and O–H groups in total. The number of nitrogens with one attached hydrogen (secondary N) is 1. The van der Waals surface area contributed by atoms with Crippen LogP contribution in [0.3, 0.4) is 0 Å². The summed E-state index contributed by atoms with van der Waals surface area (Å²) in [7, 11) is 0. The lowest BCUT2D eigenvalue weighted by Crippen LogP contribution is -2.43. The van der Waals surface area contributed by atoms with Gasteiger partial charge in [0.05, 0.1) is 11.3 Å². The number of hydrogen-bond acceptors (Lipinski definition) is 3. The first-order valence-corrected chi connectivity index (χ1v) is 7.36. The summed E-state index contributed by atoms with van der Waals surface area (Å²) in [6, 6.07) is 10.4. The maximum atomic E-state index is 12.9. The molecule has 126 valence electrons. The Labute approximate surface area is 139 Å². The van der Waals surface area contributed by atoms with Crippen LogP contribution < -0.4 is 15.8 Å². The molecule has 0 fully saturated rings. The highest BCUT2D eigenvalue weighted by Gasteiger charge is 2.31. The largest absolute Gasteiger partial charge is 0.478 e. The minimum absolute atomic E-state index is 0.253. The van der Waals surface area contributed by atoms with Gasteiger partial charge in [-0.1, -0.05) is 12.1 Å². The summed E-state index contributed by atoms with van der Waals surface area (Å²) in [6.07, 6.45) is 0. The summed E-state index contributed by atoms with van der Waals surface area (Å²) in [5.41, 5.74) is 5.38. The van der Waals surface area contributed by atoms with E-state index in [4.69, 9.17) is 10.5 Å². The predicted molar refractivity (Wildman–Crippen MR) is 89.4 cm³/mol. The zero-order chi connectivity index (χ0) is 17.9. The second-order valence-electron chi connectivity index (χ2n) is 5.88. The zero-order valence-electron chi connectivity index (χ0n) is 13.7. The third-order valence-corrected chi connectivity index (χ3v) is 3.50. The Morgan fingerprint density at radius 1 is 1.12 bits per heavy atom. The van der Waals surface area contributed by atoms with Crippen LogP contribution in [0.25, 0.3) is 0 Å². The summed E-state index contributed by atoms with van der Waals surface area (Å²) in [4.78, 5) is 24.1. The van der Waals surface area contributed by atoms with Crippen LogP contribution in [0.2, 0.25) is 0 Å². The van der Waals surface area contributed by atoms with Gasteiger partial charge in [-0.25, -0.2) is 4.39 Å². The van der Waals surface area contributed by atoms with Crippen molar-refractivity contribution in [3.63, 3.8) is 0 Å². The van der Waals surface area contributed by atoms with Crippen molar-refractivity contribution in [3.8, 4) is 5.75 Å². The molecule has 0 spiro atoms. The summed E-state index contributed by atoms with van der Waals surface area (Å²) < 4.78 is 18.6. The van der Waals surface area contributed by atoms with E-state index >= 15 is 0 Å². The van der Waals surface area contributed by atoms with Gasteiger partial charge in [0.25, 0.3) is 11.8 Å². The molecule has 0 saturated carbocycles. The number of amides is 2. The lowest BCUT2D eigenvalue weighted by atomic mass is 10.0. The first-order chi connectivity index (χ1) is 11.2. The van der Waals surface area contributed by atoms with Crippen molar-refractivity contribution >= 4 is 17.5 Å². The van der Waals surface area contributed by atoms with Gasteiger partial charge in [-0.05, 0) is 56.7 Å². The van der Waals surface area contributed by atoms with Gasteiger partial charge in [-0.3, -0.25) is 9.59 Å². The minimum atomic E-state index is -1.24. The molecule has 24 heavy (non-hydrogen) atoms. The van der Waals surface area contributed by atoms with Gasteiger partial charge in [0.2, 0.25) is 0 Å². The SMILES string of the molecule is Cc1cccc(NC(=O)C(C)(C)Oc2ccc(F)cc2)c1C(N)=O. The van der Waals surface area contributed by atoms with Crippen LogP contribution in [-0.4, -0.2) is 17.4 Å². The standard InChI is InChI=1S/C18H19FN2O3/c1-11-5-4-6-14(15(11)16(20)22)21-17(23)18(2,3)24-13-9-7-12(19)8-10-13/h4-10H,1-3H3,(H2,20,22)(H,21,23). The molecule has 2 amide bonds. The fourth-order valence-electron chi connectivity index (χ4n) is 2.22. The highest BCUT2D eigenvalue weighted by molar-refractivity contribution is 6.05. The first-order valence-electron chi connectivity index (χ1n) is 7.36. The van der Waals surface area contributed by atoms with Crippen LogP contribution in [0, 0.1) is 12.7 Å². The number of hydrogen-bond donors (Lipinski definition) is 2. The maximum Gasteiger partial charge on any atom is 0.267 e. The molecule has 0 bridgehead atoms. The minimum Gasteiger partial charge on any atom is -0.478 e. The Morgan fingerprint density at radius 3 is 2.33 bits per heavy atom. The number of carbonyl (C=O) groups excluding carboxylic acids is 2. The van der Waals surface area contributed by atoms with Crippen LogP contribution in [0.4, 0.5) is 10.1 Å². The molecule has 2 rings (SSSR count). The number of carbonyl (C=O) groups is 2. The maximum absolute atomic E-state index is 12.9. The Morgan fingerprint density at radius 2 is 1.75 bits per heavy atom. The Kier molecular flexibility index (Phi) is 4.87. The van der Waals surface area contributed by atoms with E-state index in [1.165, 1.54) is 24.3 Å². The monoisotopic (exact) mass is 330 g/mol. The van der Waals surface area contributed by atoms with E-state index in [1.807, 2.05) is 0 Å². The molecule has 0 aliphatic heterocycles. The molecule has 0 aromatic heterocycles. The van der Waals surface area contributed by atoms with Crippen molar-refractivity contribution in [1.29, 1.82) is 0 Å². The molecule has 0 aliphatic rings. The fraction of sp³-hybridized carbons (Fsp3) is 0.222. The van der Waals surface area contributed by atoms with Crippen LogP contribution in [0.5, 0.6) is 5.75 Å². The molecule has 0 aliphatic carbocycles. The molecule has 0 unspecified atom stereocenters. The second kappa shape index (κ2) is 6.70. The van der Waals surface area contributed by atoms with E-state index < -0.39 is 23.2 Å². The predicted octanol–water partition coefficient (Wildman–Crippen LogP) is 3.03. The average molecular weight is 330 g/mol. The topological polar surface area (TPSA) is 81.4 Å².